The van der Waals surface area contributed by atoms with E-state index < -0.39 is 9.84 Å². The zero-order valence-corrected chi connectivity index (χ0v) is 24.6. The highest BCUT2D eigenvalue weighted by Gasteiger charge is 2.27. The Morgan fingerprint density at radius 3 is 2.37 bits per heavy atom. The fourth-order valence-corrected chi connectivity index (χ4v) is 5.53. The van der Waals surface area contributed by atoms with Crippen molar-refractivity contribution in [2.45, 2.75) is 24.4 Å². The van der Waals surface area contributed by atoms with Gasteiger partial charge in [0.1, 0.15) is 5.75 Å². The van der Waals surface area contributed by atoms with E-state index in [2.05, 4.69) is 5.32 Å². The summed E-state index contributed by atoms with van der Waals surface area (Å²) < 4.78 is 30.6. The second-order valence-corrected chi connectivity index (χ2v) is 12.4. The maximum Gasteiger partial charge on any atom is 0.263 e. The molecule has 0 aliphatic carbocycles. The van der Waals surface area contributed by atoms with Gasteiger partial charge in [0.25, 0.3) is 11.5 Å². The van der Waals surface area contributed by atoms with Crippen molar-refractivity contribution < 1.29 is 17.9 Å². The summed E-state index contributed by atoms with van der Waals surface area (Å²) in [5.41, 5.74) is 2.46. The molecule has 0 radical (unpaired) electrons. The maximum absolute atomic E-state index is 13.9. The number of carbonyl (C=O) groups is 1. The molecule has 0 saturated carbocycles. The van der Waals surface area contributed by atoms with Crippen LogP contribution >= 0.6 is 23.2 Å². The Bertz CT molecular complexity index is 1790. The zero-order chi connectivity index (χ0) is 29.3. The molecule has 2 heterocycles. The molecule has 5 rings (SSSR count). The van der Waals surface area contributed by atoms with E-state index in [9.17, 15) is 18.0 Å². The van der Waals surface area contributed by atoms with Gasteiger partial charge in [-0.05, 0) is 66.6 Å². The number of sulfone groups is 1. The van der Waals surface area contributed by atoms with Crippen LogP contribution < -0.4 is 15.6 Å². The number of fused-ring (bicyclic) bond motifs is 1. The van der Waals surface area contributed by atoms with Crippen LogP contribution in [0.1, 0.15) is 27.2 Å². The topological polar surface area (TPSA) is 111 Å². The fraction of sp³-hybridized carbons (Fsp3) is 0.207. The standard InChI is InChI=1S/C29H26Cl2N4O5S/c1-40-21-8-3-18(4-9-21)16-32-29-33-26-17-34(27(36)19-5-12-24(30)25(31)15-19)14-13-23(26)28(37)35(29)20-6-10-22(11-7-20)41(2,38)39/h3-12,15H,13-14,16-17H2,1-2H3,(H,32,33). The van der Waals surface area contributed by atoms with Gasteiger partial charge in [-0.15, -0.1) is 0 Å². The number of amides is 1. The Labute approximate surface area is 247 Å². The number of hydrogen-bond donors (Lipinski definition) is 1. The first-order valence-electron chi connectivity index (χ1n) is 12.6. The normalized spacial score (nSPS) is 13.0. The van der Waals surface area contributed by atoms with E-state index in [1.807, 2.05) is 24.3 Å². The highest BCUT2D eigenvalue weighted by Crippen LogP contribution is 2.26. The molecule has 1 N–H and O–H groups in total. The Morgan fingerprint density at radius 2 is 1.73 bits per heavy atom. The van der Waals surface area contributed by atoms with Crippen molar-refractivity contribution in [3.8, 4) is 11.4 Å². The van der Waals surface area contributed by atoms with Crippen molar-refractivity contribution in [2.75, 3.05) is 25.2 Å². The van der Waals surface area contributed by atoms with Crippen LogP contribution in [0.3, 0.4) is 0 Å². The summed E-state index contributed by atoms with van der Waals surface area (Å²) >= 11 is 12.1. The van der Waals surface area contributed by atoms with E-state index in [4.69, 9.17) is 32.9 Å². The van der Waals surface area contributed by atoms with Gasteiger partial charge < -0.3 is 15.0 Å². The number of ether oxygens (including phenoxy) is 1. The van der Waals surface area contributed by atoms with Crippen LogP contribution in [0.25, 0.3) is 5.69 Å². The first kappa shape index (κ1) is 28.7. The van der Waals surface area contributed by atoms with Gasteiger partial charge >= 0.3 is 0 Å². The minimum atomic E-state index is -3.41. The van der Waals surface area contributed by atoms with Crippen molar-refractivity contribution in [1.82, 2.24) is 14.5 Å². The molecule has 1 aliphatic heterocycles. The maximum atomic E-state index is 13.9. The predicted molar refractivity (Wildman–Crippen MR) is 158 cm³/mol. The molecule has 4 aromatic rings. The molecule has 12 heteroatoms. The van der Waals surface area contributed by atoms with Crippen molar-refractivity contribution in [3.05, 3.63) is 110 Å². The Morgan fingerprint density at radius 1 is 1.02 bits per heavy atom. The van der Waals surface area contributed by atoms with Crippen LogP contribution in [0.5, 0.6) is 5.75 Å². The molecule has 1 amide bonds. The van der Waals surface area contributed by atoms with Crippen LogP contribution in [0.2, 0.25) is 10.0 Å². The zero-order valence-electron chi connectivity index (χ0n) is 22.2. The SMILES string of the molecule is COc1ccc(CNc2nc3c(c(=O)n2-c2ccc(S(C)(=O)=O)cc2)CCN(C(=O)c2ccc(Cl)c(Cl)c2)C3)cc1. The third kappa shape index (κ3) is 6.09. The number of methoxy groups -OCH3 is 1. The number of aromatic nitrogens is 2. The highest BCUT2D eigenvalue weighted by atomic mass is 35.5. The van der Waals surface area contributed by atoms with Crippen molar-refractivity contribution >= 4 is 44.9 Å². The van der Waals surface area contributed by atoms with Crippen molar-refractivity contribution in [3.63, 3.8) is 0 Å². The summed E-state index contributed by atoms with van der Waals surface area (Å²) in [5.74, 6) is 0.736. The van der Waals surface area contributed by atoms with Gasteiger partial charge in [0.2, 0.25) is 5.95 Å². The van der Waals surface area contributed by atoms with E-state index in [-0.39, 0.29) is 33.9 Å². The lowest BCUT2D eigenvalue weighted by Crippen LogP contribution is -2.40. The molecule has 0 atom stereocenters. The average Bonchev–Trinajstić information content (AvgIpc) is 2.97. The minimum absolute atomic E-state index is 0.134. The summed E-state index contributed by atoms with van der Waals surface area (Å²) in [6, 6.07) is 18.2. The number of anilines is 1. The lowest BCUT2D eigenvalue weighted by molar-refractivity contribution is 0.0731. The van der Waals surface area contributed by atoms with E-state index in [1.165, 1.54) is 22.8 Å². The fourth-order valence-electron chi connectivity index (χ4n) is 4.60. The number of carbonyl (C=O) groups excluding carboxylic acids is 1. The minimum Gasteiger partial charge on any atom is -0.497 e. The summed E-state index contributed by atoms with van der Waals surface area (Å²) in [5, 5.41) is 3.88. The molecular formula is C29H26Cl2N4O5S. The number of nitrogens with one attached hydrogen (secondary N) is 1. The molecule has 0 fully saturated rings. The number of rotatable bonds is 7. The molecule has 0 unspecified atom stereocenters. The van der Waals surface area contributed by atoms with Crippen molar-refractivity contribution in [1.29, 1.82) is 0 Å². The summed E-state index contributed by atoms with van der Waals surface area (Å²) in [4.78, 5) is 33.7. The largest absolute Gasteiger partial charge is 0.497 e. The number of hydrogen-bond acceptors (Lipinski definition) is 7. The molecule has 41 heavy (non-hydrogen) atoms. The van der Waals surface area contributed by atoms with Gasteiger partial charge in [0.05, 0.1) is 40.0 Å². The van der Waals surface area contributed by atoms with E-state index in [1.54, 1.807) is 36.3 Å². The van der Waals surface area contributed by atoms with Gasteiger partial charge in [-0.1, -0.05) is 35.3 Å². The van der Waals surface area contributed by atoms with Crippen LogP contribution in [-0.4, -0.2) is 48.7 Å². The first-order chi connectivity index (χ1) is 19.5. The van der Waals surface area contributed by atoms with Gasteiger partial charge in [0.15, 0.2) is 9.84 Å². The van der Waals surface area contributed by atoms with Crippen molar-refractivity contribution in [2.24, 2.45) is 0 Å². The highest BCUT2D eigenvalue weighted by molar-refractivity contribution is 7.90. The molecule has 212 valence electrons. The second kappa shape index (κ2) is 11.6. The molecule has 0 spiro atoms. The predicted octanol–water partition coefficient (Wildman–Crippen LogP) is 4.76. The van der Waals surface area contributed by atoms with Gasteiger partial charge in [-0.25, -0.2) is 18.0 Å². The summed E-state index contributed by atoms with van der Waals surface area (Å²) in [7, 11) is -1.82. The van der Waals surface area contributed by atoms with E-state index >= 15 is 0 Å². The van der Waals surface area contributed by atoms with Gasteiger partial charge in [-0.2, -0.15) is 0 Å². The third-order valence-electron chi connectivity index (χ3n) is 6.82. The van der Waals surface area contributed by atoms with E-state index in [0.29, 0.717) is 47.0 Å². The van der Waals surface area contributed by atoms with Crippen LogP contribution in [0.15, 0.2) is 76.4 Å². The van der Waals surface area contributed by atoms with Crippen LogP contribution in [0, 0.1) is 0 Å². The lowest BCUT2D eigenvalue weighted by atomic mass is 10.0. The monoisotopic (exact) mass is 612 g/mol. The summed E-state index contributed by atoms with van der Waals surface area (Å²) in [6.07, 6.45) is 1.43. The van der Waals surface area contributed by atoms with Gasteiger partial charge in [0, 0.05) is 30.5 Å². The Hall–Kier alpha value is -3.86. The molecule has 0 bridgehead atoms. The third-order valence-corrected chi connectivity index (χ3v) is 8.69. The lowest BCUT2D eigenvalue weighted by Gasteiger charge is -2.29. The van der Waals surface area contributed by atoms with E-state index in [0.717, 1.165) is 17.6 Å². The second-order valence-electron chi connectivity index (χ2n) is 9.57. The molecule has 0 saturated heterocycles. The first-order valence-corrected chi connectivity index (χ1v) is 15.3. The van der Waals surface area contributed by atoms with Crippen LogP contribution in [0.4, 0.5) is 5.95 Å². The number of halogens is 2. The van der Waals surface area contributed by atoms with Gasteiger partial charge in [-0.3, -0.25) is 9.59 Å². The molecule has 9 nitrogen and oxygen atoms in total. The number of nitrogens with zero attached hydrogens (tertiary/aromatic N) is 3. The molecule has 1 aromatic heterocycles. The number of benzene rings is 3. The van der Waals surface area contributed by atoms with Crippen LogP contribution in [-0.2, 0) is 29.3 Å². The molecular weight excluding hydrogens is 587 g/mol. The Balaban J connectivity index is 1.52. The molecule has 3 aromatic carbocycles. The summed E-state index contributed by atoms with van der Waals surface area (Å²) in [6.45, 7) is 0.798. The Kier molecular flexibility index (Phi) is 8.08. The smallest absolute Gasteiger partial charge is 0.263 e. The quantitative estimate of drug-likeness (QED) is 0.320. The molecule has 1 aliphatic rings. The average molecular weight is 614 g/mol.